The van der Waals surface area contributed by atoms with Crippen molar-refractivity contribution in [2.24, 2.45) is 0 Å². The number of aromatic carboxylic acids is 1. The van der Waals surface area contributed by atoms with Gasteiger partial charge in [-0.25, -0.2) is 9.59 Å². The second kappa shape index (κ2) is 13.2. The van der Waals surface area contributed by atoms with Crippen LogP contribution in [0.25, 0.3) is 0 Å². The van der Waals surface area contributed by atoms with Crippen molar-refractivity contribution in [3.05, 3.63) is 87.6 Å². The lowest BCUT2D eigenvalue weighted by molar-refractivity contribution is -0.150. The van der Waals surface area contributed by atoms with Gasteiger partial charge in [-0.3, -0.25) is 14.5 Å². The quantitative estimate of drug-likeness (QED) is 0.136. The zero-order chi connectivity index (χ0) is 30.7. The van der Waals surface area contributed by atoms with Crippen LogP contribution < -0.4 is 10.6 Å². The fourth-order valence-corrected chi connectivity index (χ4v) is 8.30. The molecule has 2 aliphatic rings. The summed E-state index contributed by atoms with van der Waals surface area (Å²) in [6.07, 6.45) is 0.0905. The van der Waals surface area contributed by atoms with E-state index in [1.165, 1.54) is 45.8 Å². The van der Waals surface area contributed by atoms with Crippen LogP contribution in [0.5, 0.6) is 0 Å². The van der Waals surface area contributed by atoms with Crippen LogP contribution in [0.2, 0.25) is 0 Å². The van der Waals surface area contributed by atoms with Crippen LogP contribution in [0.3, 0.4) is 0 Å². The molecule has 3 heterocycles. The number of carboxylic acids is 2. The normalized spacial score (nSPS) is 18.3. The van der Waals surface area contributed by atoms with Crippen molar-refractivity contribution in [1.29, 1.82) is 0 Å². The minimum atomic E-state index is -1.21. The van der Waals surface area contributed by atoms with Gasteiger partial charge in [0.05, 0.1) is 10.6 Å². The predicted molar refractivity (Wildman–Crippen MR) is 167 cm³/mol. The Morgan fingerprint density at radius 3 is 2.49 bits per heavy atom. The smallest absolute Gasteiger partial charge is 0.352 e. The average molecular weight is 656 g/mol. The van der Waals surface area contributed by atoms with E-state index < -0.39 is 41.2 Å². The number of carbonyl (C=O) groups excluding carboxylic acids is 2. The number of aliphatic carboxylic acids is 1. The van der Waals surface area contributed by atoms with Crippen LogP contribution in [-0.2, 0) is 20.8 Å². The van der Waals surface area contributed by atoms with Crippen molar-refractivity contribution >= 4 is 75.8 Å². The number of nitrogens with one attached hydrogen (secondary N) is 2. The second-order valence-electron chi connectivity index (χ2n) is 9.58. The molecule has 15 heteroatoms. The number of carboxylic acid groups (broad SMARTS) is 2. The average Bonchev–Trinajstić information content (AvgIpc) is 3.42. The number of nitrogens with zero attached hydrogens (tertiary/aromatic N) is 3. The summed E-state index contributed by atoms with van der Waals surface area (Å²) in [5, 5.41) is 33.6. The van der Waals surface area contributed by atoms with E-state index in [9.17, 15) is 29.4 Å². The van der Waals surface area contributed by atoms with E-state index in [1.807, 2.05) is 6.92 Å². The highest BCUT2D eigenvalue weighted by Gasteiger charge is 2.54. The maximum atomic E-state index is 13.6. The molecule has 1 unspecified atom stereocenters. The number of carbonyl (C=O) groups is 4. The van der Waals surface area contributed by atoms with Gasteiger partial charge in [0.2, 0.25) is 5.91 Å². The third-order valence-corrected chi connectivity index (χ3v) is 10.4. The van der Waals surface area contributed by atoms with Crippen LogP contribution in [0, 0.1) is 6.92 Å². The lowest BCUT2D eigenvalue weighted by Crippen LogP contribution is -2.71. The lowest BCUT2D eigenvalue weighted by atomic mass is 10.0. The summed E-state index contributed by atoms with van der Waals surface area (Å²) in [6, 6.07) is 13.4. The first kappa shape index (κ1) is 30.7. The lowest BCUT2D eigenvalue weighted by Gasteiger charge is -2.49. The molecule has 43 heavy (non-hydrogen) atoms. The first-order chi connectivity index (χ1) is 20.6. The molecule has 5 rings (SSSR count). The number of thiocarbonyl (C=S) groups is 1. The van der Waals surface area contributed by atoms with Crippen molar-refractivity contribution in [2.45, 2.75) is 35.1 Å². The van der Waals surface area contributed by atoms with Gasteiger partial charge in [-0.15, -0.1) is 22.0 Å². The SMILES string of the molecule is Cc1nnc(SCC2=C(C(=O)O)N3C(=O)C(NC(=O)[C@@H](NC(=S)Cc4ccccc4C(=O)O)c4ccccc4)[C@@H]3SC2)s1. The number of hydrogen-bond donors (Lipinski definition) is 4. The molecule has 1 aromatic heterocycles. The van der Waals surface area contributed by atoms with Crippen LogP contribution in [0.4, 0.5) is 0 Å². The Morgan fingerprint density at radius 2 is 1.81 bits per heavy atom. The van der Waals surface area contributed by atoms with Gasteiger partial charge >= 0.3 is 11.9 Å². The van der Waals surface area contributed by atoms with Gasteiger partial charge in [-0.05, 0) is 29.7 Å². The number of rotatable bonds is 11. The van der Waals surface area contributed by atoms with Crippen molar-refractivity contribution in [3.63, 3.8) is 0 Å². The zero-order valence-electron chi connectivity index (χ0n) is 22.6. The molecule has 1 saturated heterocycles. The molecule has 0 bridgehead atoms. The van der Waals surface area contributed by atoms with E-state index in [-0.39, 0.29) is 22.7 Å². The third-order valence-electron chi connectivity index (χ3n) is 6.72. The summed E-state index contributed by atoms with van der Waals surface area (Å²) in [6.45, 7) is 1.84. The standard InChI is InChI=1S/C28H25N5O6S4/c1-14-31-32-28(43-14)42-13-17-12-41-25-21(24(35)33(25)22(17)27(38)39)30-23(34)20(15-7-3-2-4-8-15)29-19(40)11-16-9-5-6-10-18(16)26(36)37/h2-10,20-21,25H,11-13H2,1H3,(H,29,40)(H,30,34)(H,36,37)(H,38,39)/t20-,21?,25-/m0/s1. The summed E-state index contributed by atoms with van der Waals surface area (Å²) in [4.78, 5) is 52.2. The molecule has 2 amide bonds. The molecule has 3 atom stereocenters. The first-order valence-electron chi connectivity index (χ1n) is 12.9. The molecule has 222 valence electrons. The van der Waals surface area contributed by atoms with Crippen LogP contribution in [-0.4, -0.2) is 77.0 Å². The molecule has 3 aromatic rings. The van der Waals surface area contributed by atoms with Gasteiger partial charge in [0, 0.05) is 17.9 Å². The highest BCUT2D eigenvalue weighted by atomic mass is 32.2. The Kier molecular flexibility index (Phi) is 9.44. The molecule has 0 aliphatic carbocycles. The van der Waals surface area contributed by atoms with Gasteiger partial charge in [0.25, 0.3) is 5.91 Å². The number of benzene rings is 2. The Labute approximate surface area is 264 Å². The van der Waals surface area contributed by atoms with Crippen LogP contribution in [0.15, 0.2) is 70.2 Å². The Morgan fingerprint density at radius 1 is 1.09 bits per heavy atom. The number of β-lactam (4-membered cyclic amide) rings is 1. The van der Waals surface area contributed by atoms with E-state index in [0.717, 1.165) is 5.01 Å². The number of fused-ring (bicyclic) bond motifs is 1. The summed E-state index contributed by atoms with van der Waals surface area (Å²) in [7, 11) is 0. The van der Waals surface area contributed by atoms with Gasteiger partial charge in [0.15, 0.2) is 4.34 Å². The highest BCUT2D eigenvalue weighted by Crippen LogP contribution is 2.42. The van der Waals surface area contributed by atoms with Crippen molar-refractivity contribution in [2.75, 3.05) is 11.5 Å². The number of thioether (sulfide) groups is 2. The molecule has 2 aromatic carbocycles. The van der Waals surface area contributed by atoms with E-state index in [4.69, 9.17) is 12.2 Å². The minimum Gasteiger partial charge on any atom is -0.478 e. The summed E-state index contributed by atoms with van der Waals surface area (Å²) in [5.74, 6) is -2.60. The number of aryl methyl sites for hydroxylation is 1. The Balaban J connectivity index is 1.30. The zero-order valence-corrected chi connectivity index (χ0v) is 25.8. The number of amides is 2. The van der Waals surface area contributed by atoms with Crippen molar-refractivity contribution in [1.82, 2.24) is 25.7 Å². The first-order valence-corrected chi connectivity index (χ1v) is 16.2. The monoisotopic (exact) mass is 655 g/mol. The third kappa shape index (κ3) is 6.74. The molecular weight excluding hydrogens is 631 g/mol. The van der Waals surface area contributed by atoms with Crippen LogP contribution in [0.1, 0.15) is 32.5 Å². The van der Waals surface area contributed by atoms with Gasteiger partial charge in [0.1, 0.15) is 28.2 Å². The fraction of sp³-hybridized carbons (Fsp3) is 0.250. The van der Waals surface area contributed by atoms with E-state index >= 15 is 0 Å². The Bertz CT molecular complexity index is 1630. The topological polar surface area (TPSA) is 162 Å². The maximum Gasteiger partial charge on any atom is 0.352 e. The van der Waals surface area contributed by atoms with Crippen molar-refractivity contribution < 1.29 is 29.4 Å². The van der Waals surface area contributed by atoms with Gasteiger partial charge in [-0.1, -0.05) is 83.8 Å². The summed E-state index contributed by atoms with van der Waals surface area (Å²) < 4.78 is 0.714. The molecule has 0 radical (unpaired) electrons. The minimum absolute atomic E-state index is 0.0657. The molecule has 1 fully saturated rings. The molecule has 11 nitrogen and oxygen atoms in total. The fourth-order valence-electron chi connectivity index (χ4n) is 4.73. The number of hydrogen-bond acceptors (Lipinski definition) is 10. The van der Waals surface area contributed by atoms with E-state index in [2.05, 4.69) is 20.8 Å². The summed E-state index contributed by atoms with van der Waals surface area (Å²) in [5.41, 5.74) is 1.72. The molecule has 4 N–H and O–H groups in total. The number of aromatic nitrogens is 2. The Hall–Kier alpha value is -3.79. The largest absolute Gasteiger partial charge is 0.478 e. The maximum absolute atomic E-state index is 13.6. The van der Waals surface area contributed by atoms with Crippen molar-refractivity contribution in [3.8, 4) is 0 Å². The second-order valence-corrected chi connectivity index (χ2v) is 13.6. The predicted octanol–water partition coefficient (Wildman–Crippen LogP) is 3.28. The highest BCUT2D eigenvalue weighted by molar-refractivity contribution is 8.01. The van der Waals surface area contributed by atoms with Gasteiger partial charge < -0.3 is 20.8 Å². The van der Waals surface area contributed by atoms with Gasteiger partial charge in [-0.2, -0.15) is 0 Å². The molecule has 0 saturated carbocycles. The van der Waals surface area contributed by atoms with Crippen LogP contribution >= 0.6 is 47.1 Å². The summed E-state index contributed by atoms with van der Waals surface area (Å²) >= 11 is 9.69. The van der Waals surface area contributed by atoms with E-state index in [0.29, 0.717) is 32.5 Å². The molecule has 0 spiro atoms. The van der Waals surface area contributed by atoms with E-state index in [1.54, 1.807) is 48.5 Å². The molecule has 2 aliphatic heterocycles. The molecular formula is C28H25N5O6S4.